The van der Waals surface area contributed by atoms with Gasteiger partial charge in [-0.1, -0.05) is 11.6 Å². The first-order chi connectivity index (χ1) is 7.58. The summed E-state index contributed by atoms with van der Waals surface area (Å²) in [6, 6.07) is 1.67. The molecule has 0 saturated carbocycles. The minimum absolute atomic E-state index is 0.0548. The fraction of sp³-hybridized carbons (Fsp3) is 0. The fourth-order valence-corrected chi connectivity index (χ4v) is 1.87. The third kappa shape index (κ3) is 2.07. The van der Waals surface area contributed by atoms with Crippen molar-refractivity contribution in [2.45, 2.75) is 0 Å². The fourth-order valence-electron chi connectivity index (χ4n) is 1.15. The number of rotatable bonds is 2. The van der Waals surface area contributed by atoms with Crippen LogP contribution >= 0.6 is 27.5 Å². The molecule has 0 spiro atoms. The second-order valence-electron chi connectivity index (χ2n) is 2.93. The van der Waals surface area contributed by atoms with Crippen molar-refractivity contribution < 1.29 is 9.90 Å². The zero-order valence-electron chi connectivity index (χ0n) is 7.76. The van der Waals surface area contributed by atoms with Crippen molar-refractivity contribution in [1.29, 1.82) is 0 Å². The van der Waals surface area contributed by atoms with Gasteiger partial charge < -0.3 is 5.11 Å². The van der Waals surface area contributed by atoms with E-state index in [0.717, 1.165) is 4.47 Å². The normalized spacial score (nSPS) is 10.4. The molecule has 2 rings (SSSR count). The van der Waals surface area contributed by atoms with Crippen LogP contribution in [0.15, 0.2) is 29.3 Å². The van der Waals surface area contributed by atoms with Crippen LogP contribution < -0.4 is 0 Å². The van der Waals surface area contributed by atoms with Crippen molar-refractivity contribution in [2.75, 3.05) is 0 Å². The Bertz CT molecular complexity index is 555. The van der Waals surface area contributed by atoms with Crippen molar-refractivity contribution in [3.8, 4) is 5.82 Å². The maximum atomic E-state index is 10.6. The molecule has 0 aliphatic rings. The number of aromatic nitrogens is 3. The number of imidazole rings is 1. The highest BCUT2D eigenvalue weighted by molar-refractivity contribution is 9.10. The van der Waals surface area contributed by atoms with Gasteiger partial charge in [-0.15, -0.1) is 0 Å². The zero-order valence-corrected chi connectivity index (χ0v) is 10.1. The smallest absolute Gasteiger partial charge is 0.356 e. The second kappa shape index (κ2) is 4.23. The van der Waals surface area contributed by atoms with Crippen LogP contribution in [0.5, 0.6) is 0 Å². The minimum atomic E-state index is -1.09. The molecule has 2 aromatic rings. The summed E-state index contributed by atoms with van der Waals surface area (Å²) in [5, 5.41) is 9.13. The summed E-state index contributed by atoms with van der Waals surface area (Å²) in [6.07, 6.45) is 4.28. The van der Waals surface area contributed by atoms with Crippen LogP contribution in [-0.2, 0) is 0 Å². The van der Waals surface area contributed by atoms with E-state index in [0.29, 0.717) is 10.8 Å². The van der Waals surface area contributed by atoms with Gasteiger partial charge in [0.15, 0.2) is 11.5 Å². The van der Waals surface area contributed by atoms with E-state index in [2.05, 4.69) is 25.9 Å². The molecule has 0 bridgehead atoms. The van der Waals surface area contributed by atoms with Gasteiger partial charge in [0, 0.05) is 16.9 Å². The Morgan fingerprint density at radius 2 is 2.25 bits per heavy atom. The molecule has 0 saturated heterocycles. The molecule has 0 aliphatic carbocycles. The van der Waals surface area contributed by atoms with Gasteiger partial charge in [-0.2, -0.15) is 0 Å². The van der Waals surface area contributed by atoms with E-state index in [-0.39, 0.29) is 5.69 Å². The lowest BCUT2D eigenvalue weighted by Crippen LogP contribution is -1.97. The van der Waals surface area contributed by atoms with Gasteiger partial charge in [-0.3, -0.25) is 4.57 Å². The Morgan fingerprint density at radius 3 is 2.81 bits per heavy atom. The van der Waals surface area contributed by atoms with Crippen LogP contribution in [0, 0.1) is 0 Å². The van der Waals surface area contributed by atoms with Crippen LogP contribution in [-0.4, -0.2) is 25.6 Å². The molecule has 1 N–H and O–H groups in total. The van der Waals surface area contributed by atoms with Gasteiger partial charge in [0.05, 0.1) is 5.02 Å². The van der Waals surface area contributed by atoms with Crippen LogP contribution in [0.25, 0.3) is 5.82 Å². The van der Waals surface area contributed by atoms with E-state index >= 15 is 0 Å². The Labute approximate surface area is 104 Å². The monoisotopic (exact) mass is 301 g/mol. The largest absolute Gasteiger partial charge is 0.476 e. The molecule has 0 unspecified atom stereocenters. The Morgan fingerprint density at radius 1 is 1.50 bits per heavy atom. The quantitative estimate of drug-likeness (QED) is 0.925. The van der Waals surface area contributed by atoms with Crippen LogP contribution in [0.1, 0.15) is 10.5 Å². The molecular formula is C9H5BrClN3O2. The predicted octanol–water partition coefficient (Wildman–Crippen LogP) is 2.38. The number of nitrogens with zero attached hydrogens (tertiary/aromatic N) is 3. The van der Waals surface area contributed by atoms with Gasteiger partial charge in [0.25, 0.3) is 0 Å². The minimum Gasteiger partial charge on any atom is -0.476 e. The summed E-state index contributed by atoms with van der Waals surface area (Å²) in [6.45, 7) is 0. The number of hydrogen-bond donors (Lipinski definition) is 1. The lowest BCUT2D eigenvalue weighted by Gasteiger charge is -2.03. The summed E-state index contributed by atoms with van der Waals surface area (Å²) in [7, 11) is 0. The highest BCUT2D eigenvalue weighted by Crippen LogP contribution is 2.22. The van der Waals surface area contributed by atoms with Crippen LogP contribution in [0.3, 0.4) is 0 Å². The lowest BCUT2D eigenvalue weighted by molar-refractivity contribution is 0.0691. The average Bonchev–Trinajstić information content (AvgIpc) is 2.66. The number of hydrogen-bond acceptors (Lipinski definition) is 3. The Hall–Kier alpha value is -1.40. The van der Waals surface area contributed by atoms with Gasteiger partial charge in [-0.25, -0.2) is 14.8 Å². The number of carbonyl (C=O) groups is 1. The molecule has 82 valence electrons. The third-order valence-electron chi connectivity index (χ3n) is 1.83. The van der Waals surface area contributed by atoms with Gasteiger partial charge in [0.2, 0.25) is 0 Å². The van der Waals surface area contributed by atoms with Crippen molar-refractivity contribution in [2.24, 2.45) is 0 Å². The first kappa shape index (κ1) is 11.1. The van der Waals surface area contributed by atoms with Crippen molar-refractivity contribution in [3.05, 3.63) is 40.0 Å². The average molecular weight is 303 g/mol. The van der Waals surface area contributed by atoms with E-state index in [1.165, 1.54) is 17.1 Å². The maximum absolute atomic E-state index is 10.6. The van der Waals surface area contributed by atoms with Crippen molar-refractivity contribution >= 4 is 33.5 Å². The van der Waals surface area contributed by atoms with Crippen molar-refractivity contribution in [1.82, 2.24) is 14.5 Å². The van der Waals surface area contributed by atoms with E-state index < -0.39 is 5.97 Å². The Kier molecular flexibility index (Phi) is 2.93. The van der Waals surface area contributed by atoms with Gasteiger partial charge in [-0.05, 0) is 22.0 Å². The Balaban J connectivity index is 2.46. The molecule has 0 aromatic carbocycles. The van der Waals surface area contributed by atoms with E-state index in [1.54, 1.807) is 12.3 Å². The number of carboxylic acid groups (broad SMARTS) is 1. The number of pyridine rings is 1. The number of halogens is 2. The number of carboxylic acids is 1. The predicted molar refractivity (Wildman–Crippen MR) is 61.0 cm³/mol. The molecule has 0 amide bonds. The summed E-state index contributed by atoms with van der Waals surface area (Å²) in [5.74, 6) is -0.656. The second-order valence-corrected chi connectivity index (χ2v) is 4.25. The zero-order chi connectivity index (χ0) is 11.7. The van der Waals surface area contributed by atoms with Gasteiger partial charge >= 0.3 is 5.97 Å². The van der Waals surface area contributed by atoms with Crippen molar-refractivity contribution in [3.63, 3.8) is 0 Å². The first-order valence-electron chi connectivity index (χ1n) is 4.16. The van der Waals surface area contributed by atoms with Crippen LogP contribution in [0.4, 0.5) is 0 Å². The highest BCUT2D eigenvalue weighted by atomic mass is 79.9. The summed E-state index contributed by atoms with van der Waals surface area (Å²) in [5.41, 5.74) is -0.0548. The molecule has 0 aliphatic heterocycles. The van der Waals surface area contributed by atoms with E-state index in [4.69, 9.17) is 16.7 Å². The summed E-state index contributed by atoms with van der Waals surface area (Å²) >= 11 is 9.20. The molecule has 5 nitrogen and oxygen atoms in total. The van der Waals surface area contributed by atoms with Gasteiger partial charge in [0.1, 0.15) is 6.33 Å². The van der Waals surface area contributed by atoms with E-state index in [1.807, 2.05) is 0 Å². The molecule has 0 fully saturated rings. The SMILES string of the molecule is O=C(O)c1cn(-c2ncc(Br)cc2Cl)cn1. The topological polar surface area (TPSA) is 68.0 Å². The summed E-state index contributed by atoms with van der Waals surface area (Å²) < 4.78 is 2.21. The summed E-state index contributed by atoms with van der Waals surface area (Å²) in [4.78, 5) is 18.4. The van der Waals surface area contributed by atoms with E-state index in [9.17, 15) is 4.79 Å². The maximum Gasteiger partial charge on any atom is 0.356 e. The molecule has 0 radical (unpaired) electrons. The lowest BCUT2D eigenvalue weighted by atomic mass is 10.4. The molecule has 0 atom stereocenters. The highest BCUT2D eigenvalue weighted by Gasteiger charge is 2.10. The molecule has 2 aromatic heterocycles. The molecule has 16 heavy (non-hydrogen) atoms. The van der Waals surface area contributed by atoms with Crippen LogP contribution in [0.2, 0.25) is 5.02 Å². The molecular weight excluding hydrogens is 297 g/mol. The standard InChI is InChI=1S/C9H5BrClN3O2/c10-5-1-6(11)8(12-2-5)14-3-7(9(15)16)13-4-14/h1-4H,(H,15,16). The number of aromatic carboxylic acids is 1. The molecule has 2 heterocycles. The first-order valence-corrected chi connectivity index (χ1v) is 5.33. The molecule has 7 heteroatoms. The third-order valence-corrected chi connectivity index (χ3v) is 2.55.